The summed E-state index contributed by atoms with van der Waals surface area (Å²) in [4.78, 5) is 26.2. The molecule has 2 amide bonds. The van der Waals surface area contributed by atoms with Crippen molar-refractivity contribution in [2.45, 2.75) is 57.9 Å². The molecule has 2 fully saturated rings. The molecule has 1 N–H and O–H groups in total. The molecular formula is C14H24N2O2. The highest BCUT2D eigenvalue weighted by Crippen LogP contribution is 2.32. The van der Waals surface area contributed by atoms with Gasteiger partial charge in [0.2, 0.25) is 11.8 Å². The minimum Gasteiger partial charge on any atom is -0.340 e. The predicted octanol–water partition coefficient (Wildman–Crippen LogP) is 1.69. The molecule has 4 nitrogen and oxygen atoms in total. The van der Waals surface area contributed by atoms with Crippen LogP contribution in [0.15, 0.2) is 0 Å². The van der Waals surface area contributed by atoms with Gasteiger partial charge in [0, 0.05) is 6.54 Å². The number of hydrogen-bond acceptors (Lipinski definition) is 2. The summed E-state index contributed by atoms with van der Waals surface area (Å²) in [5.74, 6) is 0.627. The fourth-order valence-electron chi connectivity index (χ4n) is 3.05. The summed E-state index contributed by atoms with van der Waals surface area (Å²) < 4.78 is 0. The van der Waals surface area contributed by atoms with Crippen LogP contribution in [0.5, 0.6) is 0 Å². The minimum atomic E-state index is -0.568. The standard InChI is InChI=1S/C14H24N2O2/c1-3-11(2)9-16-10-12(17)15-14(13(16)18)7-5-4-6-8-14/h11H,3-10H2,1-2H3,(H,15,17). The molecule has 2 rings (SSSR count). The zero-order valence-corrected chi connectivity index (χ0v) is 11.5. The Morgan fingerprint density at radius 2 is 1.94 bits per heavy atom. The molecule has 0 aromatic carbocycles. The van der Waals surface area contributed by atoms with Crippen LogP contribution >= 0.6 is 0 Å². The Labute approximate surface area is 109 Å². The van der Waals surface area contributed by atoms with Crippen molar-refractivity contribution in [3.05, 3.63) is 0 Å². The molecule has 1 atom stereocenters. The Bertz CT molecular complexity index is 335. The van der Waals surface area contributed by atoms with Gasteiger partial charge in [0.1, 0.15) is 5.54 Å². The van der Waals surface area contributed by atoms with Gasteiger partial charge in [-0.05, 0) is 18.8 Å². The summed E-state index contributed by atoms with van der Waals surface area (Å²) in [5, 5.41) is 2.97. The van der Waals surface area contributed by atoms with Crippen LogP contribution in [0, 0.1) is 5.92 Å². The molecule has 18 heavy (non-hydrogen) atoms. The van der Waals surface area contributed by atoms with E-state index < -0.39 is 5.54 Å². The van der Waals surface area contributed by atoms with Crippen molar-refractivity contribution in [1.29, 1.82) is 0 Å². The Hall–Kier alpha value is -1.06. The summed E-state index contributed by atoms with van der Waals surface area (Å²) in [6, 6.07) is 0. The first kappa shape index (κ1) is 13.4. The van der Waals surface area contributed by atoms with Crippen molar-refractivity contribution < 1.29 is 9.59 Å². The fourth-order valence-corrected chi connectivity index (χ4v) is 3.05. The molecule has 1 saturated carbocycles. The molecule has 1 aliphatic heterocycles. The van der Waals surface area contributed by atoms with Crippen LogP contribution in [-0.4, -0.2) is 35.3 Å². The van der Waals surface area contributed by atoms with Gasteiger partial charge in [0.15, 0.2) is 0 Å². The highest BCUT2D eigenvalue weighted by molar-refractivity contribution is 5.98. The van der Waals surface area contributed by atoms with E-state index in [9.17, 15) is 9.59 Å². The van der Waals surface area contributed by atoms with Crippen molar-refractivity contribution in [3.63, 3.8) is 0 Å². The van der Waals surface area contributed by atoms with Crippen molar-refractivity contribution in [2.24, 2.45) is 5.92 Å². The number of hydrogen-bond donors (Lipinski definition) is 1. The second-order valence-corrected chi connectivity index (χ2v) is 5.89. The van der Waals surface area contributed by atoms with E-state index >= 15 is 0 Å². The van der Waals surface area contributed by atoms with Crippen molar-refractivity contribution in [2.75, 3.05) is 13.1 Å². The van der Waals surface area contributed by atoms with Gasteiger partial charge in [0.25, 0.3) is 0 Å². The molecule has 0 bridgehead atoms. The van der Waals surface area contributed by atoms with Crippen LogP contribution in [0.3, 0.4) is 0 Å². The average Bonchev–Trinajstić information content (AvgIpc) is 2.36. The number of nitrogens with zero attached hydrogens (tertiary/aromatic N) is 1. The third kappa shape index (κ3) is 2.52. The first-order chi connectivity index (χ1) is 8.57. The Morgan fingerprint density at radius 1 is 1.28 bits per heavy atom. The lowest BCUT2D eigenvalue weighted by Gasteiger charge is -2.44. The lowest BCUT2D eigenvalue weighted by Crippen LogP contribution is -2.67. The third-order valence-electron chi connectivity index (χ3n) is 4.35. The van der Waals surface area contributed by atoms with E-state index in [0.29, 0.717) is 12.5 Å². The zero-order chi connectivity index (χ0) is 13.2. The van der Waals surface area contributed by atoms with E-state index in [1.807, 2.05) is 0 Å². The number of carbonyl (C=O) groups excluding carboxylic acids is 2. The average molecular weight is 252 g/mol. The minimum absolute atomic E-state index is 0.0137. The van der Waals surface area contributed by atoms with Crippen LogP contribution in [0.2, 0.25) is 0 Å². The van der Waals surface area contributed by atoms with Crippen molar-refractivity contribution >= 4 is 11.8 Å². The summed E-state index contributed by atoms with van der Waals surface area (Å²) in [5.41, 5.74) is -0.568. The van der Waals surface area contributed by atoms with Crippen molar-refractivity contribution in [3.8, 4) is 0 Å². The molecule has 0 radical (unpaired) electrons. The van der Waals surface area contributed by atoms with Gasteiger partial charge in [-0.3, -0.25) is 9.59 Å². The number of piperazine rings is 1. The molecule has 4 heteroatoms. The number of amides is 2. The zero-order valence-electron chi connectivity index (χ0n) is 11.5. The molecular weight excluding hydrogens is 228 g/mol. The maximum atomic E-state index is 12.6. The molecule has 1 unspecified atom stereocenters. The van der Waals surface area contributed by atoms with Crippen LogP contribution in [-0.2, 0) is 9.59 Å². The normalized spacial score (nSPS) is 25.1. The smallest absolute Gasteiger partial charge is 0.248 e. The Balaban J connectivity index is 2.12. The van der Waals surface area contributed by atoms with Gasteiger partial charge in [-0.25, -0.2) is 0 Å². The number of carbonyl (C=O) groups is 2. The van der Waals surface area contributed by atoms with Crippen molar-refractivity contribution in [1.82, 2.24) is 10.2 Å². The lowest BCUT2D eigenvalue weighted by atomic mass is 9.79. The van der Waals surface area contributed by atoms with E-state index in [1.54, 1.807) is 4.90 Å². The first-order valence-electron chi connectivity index (χ1n) is 7.18. The van der Waals surface area contributed by atoms with Crippen LogP contribution < -0.4 is 5.32 Å². The van der Waals surface area contributed by atoms with E-state index in [1.165, 1.54) is 6.42 Å². The van der Waals surface area contributed by atoms with Crippen LogP contribution in [0.1, 0.15) is 52.4 Å². The molecule has 1 saturated heterocycles. The first-order valence-corrected chi connectivity index (χ1v) is 7.18. The SMILES string of the molecule is CCC(C)CN1CC(=O)NC2(CCCCC2)C1=O. The summed E-state index contributed by atoms with van der Waals surface area (Å²) >= 11 is 0. The monoisotopic (exact) mass is 252 g/mol. The highest BCUT2D eigenvalue weighted by atomic mass is 16.2. The predicted molar refractivity (Wildman–Crippen MR) is 70.0 cm³/mol. The van der Waals surface area contributed by atoms with Gasteiger partial charge in [-0.15, -0.1) is 0 Å². The van der Waals surface area contributed by atoms with E-state index in [0.717, 1.165) is 32.1 Å². The van der Waals surface area contributed by atoms with Gasteiger partial charge in [-0.2, -0.15) is 0 Å². The van der Waals surface area contributed by atoms with Gasteiger partial charge in [0.05, 0.1) is 6.54 Å². The third-order valence-corrected chi connectivity index (χ3v) is 4.35. The van der Waals surface area contributed by atoms with Crippen LogP contribution in [0.25, 0.3) is 0 Å². The van der Waals surface area contributed by atoms with Gasteiger partial charge >= 0.3 is 0 Å². The summed E-state index contributed by atoms with van der Waals surface area (Å²) in [7, 11) is 0. The fraction of sp³-hybridized carbons (Fsp3) is 0.857. The maximum absolute atomic E-state index is 12.6. The van der Waals surface area contributed by atoms with E-state index in [-0.39, 0.29) is 18.4 Å². The largest absolute Gasteiger partial charge is 0.340 e. The second-order valence-electron chi connectivity index (χ2n) is 5.89. The molecule has 0 aromatic rings. The van der Waals surface area contributed by atoms with E-state index in [2.05, 4.69) is 19.2 Å². The molecule has 102 valence electrons. The molecule has 2 aliphatic rings. The van der Waals surface area contributed by atoms with Crippen LogP contribution in [0.4, 0.5) is 0 Å². The maximum Gasteiger partial charge on any atom is 0.248 e. The summed E-state index contributed by atoms with van der Waals surface area (Å²) in [6.45, 7) is 5.21. The molecule has 1 aliphatic carbocycles. The molecule has 1 heterocycles. The molecule has 0 aromatic heterocycles. The quantitative estimate of drug-likeness (QED) is 0.831. The highest BCUT2D eigenvalue weighted by Gasteiger charge is 2.46. The van der Waals surface area contributed by atoms with Gasteiger partial charge < -0.3 is 10.2 Å². The topological polar surface area (TPSA) is 49.4 Å². The second kappa shape index (κ2) is 5.29. The summed E-state index contributed by atoms with van der Waals surface area (Å²) in [6.07, 6.45) is 5.93. The lowest BCUT2D eigenvalue weighted by molar-refractivity contribution is -0.152. The van der Waals surface area contributed by atoms with E-state index in [4.69, 9.17) is 0 Å². The van der Waals surface area contributed by atoms with Gasteiger partial charge in [-0.1, -0.05) is 39.5 Å². The Kier molecular flexibility index (Phi) is 3.93. The number of rotatable bonds is 3. The Morgan fingerprint density at radius 3 is 2.56 bits per heavy atom. The number of nitrogens with one attached hydrogen (secondary N) is 1. The molecule has 1 spiro atoms.